The predicted octanol–water partition coefficient (Wildman–Crippen LogP) is 5.42. The molecule has 2 aromatic carbocycles. The molecule has 0 saturated carbocycles. The number of likely N-dealkylation sites (tertiary alicyclic amines) is 1. The average Bonchev–Trinajstić information content (AvgIpc) is 3.37. The zero-order chi connectivity index (χ0) is 26.8. The van der Waals surface area contributed by atoms with Gasteiger partial charge in [-0.2, -0.15) is 0 Å². The molecule has 0 aliphatic carbocycles. The number of amides is 2. The van der Waals surface area contributed by atoms with Crippen LogP contribution in [-0.2, 0) is 13.0 Å². The number of aryl methyl sites for hydroxylation is 2. The van der Waals surface area contributed by atoms with Gasteiger partial charge in [0.1, 0.15) is 11.5 Å². The van der Waals surface area contributed by atoms with E-state index in [0.717, 1.165) is 43.6 Å². The zero-order valence-corrected chi connectivity index (χ0v) is 22.4. The second-order valence-corrected chi connectivity index (χ2v) is 10.2. The van der Waals surface area contributed by atoms with E-state index in [1.54, 1.807) is 32.4 Å². The molecule has 4 aromatic rings. The SMILES string of the molecule is COc1ccc(NC(=O)N2CCC(CNc3nccc(-c4cn5c6c(cccc46)CCC5)n3)CC2)c(OC)c1. The molecule has 6 rings (SSSR count). The van der Waals surface area contributed by atoms with E-state index in [9.17, 15) is 4.79 Å². The van der Waals surface area contributed by atoms with E-state index < -0.39 is 0 Å². The van der Waals surface area contributed by atoms with Crippen LogP contribution in [0.1, 0.15) is 24.8 Å². The molecule has 9 heteroatoms. The molecule has 1 fully saturated rings. The monoisotopic (exact) mass is 526 g/mol. The maximum atomic E-state index is 12.9. The van der Waals surface area contributed by atoms with Crippen molar-refractivity contribution in [3.05, 3.63) is 60.4 Å². The minimum Gasteiger partial charge on any atom is -0.497 e. The van der Waals surface area contributed by atoms with Crippen LogP contribution < -0.4 is 20.1 Å². The summed E-state index contributed by atoms with van der Waals surface area (Å²) in [6.07, 6.45) is 8.20. The van der Waals surface area contributed by atoms with E-state index in [0.29, 0.717) is 42.1 Å². The lowest BCUT2D eigenvalue weighted by atomic mass is 9.97. The Kier molecular flexibility index (Phi) is 6.96. The number of hydrogen-bond donors (Lipinski definition) is 2. The highest BCUT2D eigenvalue weighted by Crippen LogP contribution is 2.35. The van der Waals surface area contributed by atoms with Crippen molar-refractivity contribution in [3.8, 4) is 22.8 Å². The first kappa shape index (κ1) is 25.0. The molecule has 0 radical (unpaired) electrons. The highest BCUT2D eigenvalue weighted by Gasteiger charge is 2.24. The molecule has 1 saturated heterocycles. The van der Waals surface area contributed by atoms with Gasteiger partial charge in [-0.15, -0.1) is 0 Å². The molecule has 2 N–H and O–H groups in total. The molecule has 9 nitrogen and oxygen atoms in total. The summed E-state index contributed by atoms with van der Waals surface area (Å²) >= 11 is 0. The number of methoxy groups -OCH3 is 2. The van der Waals surface area contributed by atoms with Crippen LogP contribution in [0.15, 0.2) is 54.9 Å². The quantitative estimate of drug-likeness (QED) is 0.334. The van der Waals surface area contributed by atoms with Crippen LogP contribution in [0.3, 0.4) is 0 Å². The number of aromatic nitrogens is 3. The molecule has 0 unspecified atom stereocenters. The fourth-order valence-electron chi connectivity index (χ4n) is 5.73. The Morgan fingerprint density at radius 1 is 1.08 bits per heavy atom. The van der Waals surface area contributed by atoms with Gasteiger partial charge < -0.3 is 29.6 Å². The smallest absolute Gasteiger partial charge is 0.321 e. The maximum Gasteiger partial charge on any atom is 0.321 e. The van der Waals surface area contributed by atoms with E-state index in [1.807, 2.05) is 17.2 Å². The number of piperidine rings is 1. The summed E-state index contributed by atoms with van der Waals surface area (Å²) in [6.45, 7) is 3.21. The third-order valence-electron chi connectivity index (χ3n) is 7.86. The molecular weight excluding hydrogens is 492 g/mol. The number of rotatable bonds is 7. The van der Waals surface area contributed by atoms with Gasteiger partial charge in [0, 0.05) is 55.6 Å². The highest BCUT2D eigenvalue weighted by molar-refractivity contribution is 5.97. The lowest BCUT2D eigenvalue weighted by Gasteiger charge is -2.32. The number of ether oxygens (including phenoxy) is 2. The maximum absolute atomic E-state index is 12.9. The zero-order valence-electron chi connectivity index (χ0n) is 22.4. The first-order valence-corrected chi connectivity index (χ1v) is 13.6. The van der Waals surface area contributed by atoms with Gasteiger partial charge in [-0.05, 0) is 55.4 Å². The number of carbonyl (C=O) groups is 1. The number of urea groups is 1. The normalized spacial score (nSPS) is 15.3. The fourth-order valence-corrected chi connectivity index (χ4v) is 5.73. The van der Waals surface area contributed by atoms with E-state index in [2.05, 4.69) is 44.6 Å². The van der Waals surface area contributed by atoms with Crippen LogP contribution in [-0.4, -0.2) is 59.3 Å². The summed E-state index contributed by atoms with van der Waals surface area (Å²) in [5.41, 5.74) is 5.49. The minimum absolute atomic E-state index is 0.118. The van der Waals surface area contributed by atoms with Crippen LogP contribution >= 0.6 is 0 Å². The number of hydrogen-bond acceptors (Lipinski definition) is 6. The molecule has 2 aromatic heterocycles. The number of benzene rings is 2. The van der Waals surface area contributed by atoms with Gasteiger partial charge in [0.05, 0.1) is 31.1 Å². The van der Waals surface area contributed by atoms with Gasteiger partial charge in [0.15, 0.2) is 0 Å². The molecule has 0 spiro atoms. The second-order valence-electron chi connectivity index (χ2n) is 10.2. The van der Waals surface area contributed by atoms with Gasteiger partial charge in [0.2, 0.25) is 5.95 Å². The number of carbonyl (C=O) groups excluding carboxylic acids is 1. The van der Waals surface area contributed by atoms with E-state index in [1.165, 1.54) is 22.9 Å². The van der Waals surface area contributed by atoms with Crippen LogP contribution in [0, 0.1) is 5.92 Å². The van der Waals surface area contributed by atoms with Crippen molar-refractivity contribution in [1.82, 2.24) is 19.4 Å². The summed E-state index contributed by atoms with van der Waals surface area (Å²) in [6, 6.07) is 13.8. The number of para-hydroxylation sites is 1. The first-order valence-electron chi connectivity index (χ1n) is 13.6. The van der Waals surface area contributed by atoms with Crippen molar-refractivity contribution in [2.75, 3.05) is 44.5 Å². The van der Waals surface area contributed by atoms with E-state index >= 15 is 0 Å². The van der Waals surface area contributed by atoms with Gasteiger partial charge in [-0.1, -0.05) is 18.2 Å². The Labute approximate surface area is 228 Å². The lowest BCUT2D eigenvalue weighted by molar-refractivity contribution is 0.185. The van der Waals surface area contributed by atoms with Gasteiger partial charge in [0.25, 0.3) is 0 Å². The summed E-state index contributed by atoms with van der Waals surface area (Å²) in [5.74, 6) is 2.33. The minimum atomic E-state index is -0.118. The lowest BCUT2D eigenvalue weighted by Crippen LogP contribution is -2.42. The second kappa shape index (κ2) is 10.8. The summed E-state index contributed by atoms with van der Waals surface area (Å²) in [7, 11) is 3.18. The Morgan fingerprint density at radius 2 is 1.95 bits per heavy atom. The van der Waals surface area contributed by atoms with Gasteiger partial charge >= 0.3 is 6.03 Å². The summed E-state index contributed by atoms with van der Waals surface area (Å²) in [4.78, 5) is 24.1. The molecule has 0 atom stereocenters. The molecular formula is C30H34N6O3. The van der Waals surface area contributed by atoms with Crippen LogP contribution in [0.25, 0.3) is 22.2 Å². The first-order chi connectivity index (χ1) is 19.1. The number of nitrogens with one attached hydrogen (secondary N) is 2. The Balaban J connectivity index is 1.05. The standard InChI is InChI=1S/C30H34N6O3/c1-38-22-8-9-26(27(17-22)39-2)34-30(37)35-15-11-20(12-16-35)18-32-29-31-13-10-25(33-29)24-19-36-14-4-6-21-5-3-7-23(24)28(21)36/h3,5,7-10,13,17,19-20H,4,6,11-12,14-16,18H2,1-2H3,(H,34,37)(H,31,32,33). The van der Waals surface area contributed by atoms with E-state index in [-0.39, 0.29) is 6.03 Å². The third kappa shape index (κ3) is 5.08. The molecule has 2 aliphatic rings. The van der Waals surface area contributed by atoms with Gasteiger partial charge in [-0.3, -0.25) is 0 Å². The Morgan fingerprint density at radius 3 is 2.77 bits per heavy atom. The summed E-state index contributed by atoms with van der Waals surface area (Å²) in [5, 5.41) is 7.68. The van der Waals surface area contributed by atoms with Crippen molar-refractivity contribution < 1.29 is 14.3 Å². The Bertz CT molecular complexity index is 1490. The van der Waals surface area contributed by atoms with Gasteiger partial charge in [-0.25, -0.2) is 14.8 Å². The van der Waals surface area contributed by atoms with Crippen molar-refractivity contribution in [2.24, 2.45) is 5.92 Å². The van der Waals surface area contributed by atoms with Crippen LogP contribution in [0.5, 0.6) is 11.5 Å². The third-order valence-corrected chi connectivity index (χ3v) is 7.86. The molecule has 4 heterocycles. The van der Waals surface area contributed by atoms with Crippen molar-refractivity contribution in [1.29, 1.82) is 0 Å². The molecule has 2 amide bonds. The van der Waals surface area contributed by atoms with E-state index in [4.69, 9.17) is 14.5 Å². The Hall–Kier alpha value is -4.27. The average molecular weight is 527 g/mol. The number of nitrogens with zero attached hydrogens (tertiary/aromatic N) is 4. The molecule has 202 valence electrons. The van der Waals surface area contributed by atoms with Crippen LogP contribution in [0.2, 0.25) is 0 Å². The molecule has 2 aliphatic heterocycles. The summed E-state index contributed by atoms with van der Waals surface area (Å²) < 4.78 is 13.0. The predicted molar refractivity (Wildman–Crippen MR) is 153 cm³/mol. The number of anilines is 2. The van der Waals surface area contributed by atoms with Crippen molar-refractivity contribution >= 4 is 28.6 Å². The largest absolute Gasteiger partial charge is 0.497 e. The fraction of sp³-hybridized carbons (Fsp3) is 0.367. The topological polar surface area (TPSA) is 93.5 Å². The molecule has 0 bridgehead atoms. The van der Waals surface area contributed by atoms with Crippen molar-refractivity contribution in [3.63, 3.8) is 0 Å². The van der Waals surface area contributed by atoms with Crippen LogP contribution in [0.4, 0.5) is 16.4 Å². The highest BCUT2D eigenvalue weighted by atomic mass is 16.5. The van der Waals surface area contributed by atoms with Crippen molar-refractivity contribution in [2.45, 2.75) is 32.2 Å². The molecule has 39 heavy (non-hydrogen) atoms.